The number of aromatic nitrogens is 4. The topological polar surface area (TPSA) is 84.7 Å². The molecular formula is C15H17FN6O. The molecule has 2 saturated heterocycles. The Kier molecular flexibility index (Phi) is 3.33. The number of rotatable bonds is 4. The molecule has 120 valence electrons. The van der Waals surface area contributed by atoms with Crippen molar-refractivity contribution in [3.05, 3.63) is 36.3 Å². The highest BCUT2D eigenvalue weighted by atomic mass is 19.1. The first kappa shape index (κ1) is 14.3. The molecule has 23 heavy (non-hydrogen) atoms. The van der Waals surface area contributed by atoms with E-state index in [9.17, 15) is 9.18 Å². The predicted octanol–water partition coefficient (Wildman–Crippen LogP) is 0.816. The fourth-order valence-electron chi connectivity index (χ4n) is 3.46. The van der Waals surface area contributed by atoms with Crippen LogP contribution in [0.3, 0.4) is 0 Å². The third kappa shape index (κ3) is 2.59. The Bertz CT molecular complexity index is 737. The zero-order valence-electron chi connectivity index (χ0n) is 12.5. The maximum atomic E-state index is 13.7. The molecule has 0 saturated carbocycles. The number of nitrogens with one attached hydrogen (secondary N) is 2. The smallest absolute Gasteiger partial charge is 0.291 e. The van der Waals surface area contributed by atoms with Crippen LogP contribution in [0.15, 0.2) is 24.7 Å². The summed E-state index contributed by atoms with van der Waals surface area (Å²) in [5, 5.41) is 10.5. The zero-order chi connectivity index (χ0) is 15.9. The number of amides is 1. The Labute approximate surface area is 132 Å². The molecule has 2 bridgehead atoms. The van der Waals surface area contributed by atoms with Crippen molar-refractivity contribution < 1.29 is 9.18 Å². The largest absolute Gasteiger partial charge is 0.347 e. The van der Waals surface area contributed by atoms with Crippen LogP contribution in [0, 0.1) is 5.82 Å². The molecule has 0 aliphatic carbocycles. The van der Waals surface area contributed by atoms with Crippen LogP contribution in [0.4, 0.5) is 4.39 Å². The van der Waals surface area contributed by atoms with E-state index in [0.29, 0.717) is 12.6 Å². The molecule has 0 aromatic carbocycles. The van der Waals surface area contributed by atoms with Crippen molar-refractivity contribution in [1.82, 2.24) is 30.4 Å². The lowest BCUT2D eigenvalue weighted by Gasteiger charge is -2.25. The lowest BCUT2D eigenvalue weighted by atomic mass is 9.88. The standard InChI is InChI=1S/C15H17FN6O/c16-11-2-1-7-17-13(11)22-9-19-12(21-22)14(23)18-8-15-5-3-10(20-15)4-6-15/h1-2,7,9-10,20H,3-6,8H2,(H,18,23). The van der Waals surface area contributed by atoms with Crippen molar-refractivity contribution in [3.63, 3.8) is 0 Å². The Morgan fingerprint density at radius 2 is 2.26 bits per heavy atom. The Morgan fingerprint density at radius 1 is 1.43 bits per heavy atom. The van der Waals surface area contributed by atoms with Crippen LogP contribution in [-0.2, 0) is 0 Å². The van der Waals surface area contributed by atoms with E-state index in [0.717, 1.165) is 12.8 Å². The Hall–Kier alpha value is -2.35. The number of carbonyl (C=O) groups excluding carboxylic acids is 1. The van der Waals surface area contributed by atoms with E-state index in [1.165, 1.54) is 42.2 Å². The van der Waals surface area contributed by atoms with E-state index in [-0.39, 0.29) is 23.1 Å². The molecule has 2 aromatic heterocycles. The summed E-state index contributed by atoms with van der Waals surface area (Å²) in [5.74, 6) is -0.838. The summed E-state index contributed by atoms with van der Waals surface area (Å²) in [5.41, 5.74) is 0.0238. The predicted molar refractivity (Wildman–Crippen MR) is 79.6 cm³/mol. The van der Waals surface area contributed by atoms with E-state index in [1.54, 1.807) is 0 Å². The number of hydrogen-bond donors (Lipinski definition) is 2. The van der Waals surface area contributed by atoms with Gasteiger partial charge in [0.2, 0.25) is 5.82 Å². The van der Waals surface area contributed by atoms with Crippen LogP contribution < -0.4 is 10.6 Å². The van der Waals surface area contributed by atoms with Gasteiger partial charge in [0.25, 0.3) is 5.91 Å². The average molecular weight is 316 g/mol. The van der Waals surface area contributed by atoms with Gasteiger partial charge >= 0.3 is 0 Å². The van der Waals surface area contributed by atoms with Gasteiger partial charge in [-0.2, -0.15) is 4.68 Å². The summed E-state index contributed by atoms with van der Waals surface area (Å²) in [6.45, 7) is 0.564. The highest BCUT2D eigenvalue weighted by molar-refractivity contribution is 5.90. The van der Waals surface area contributed by atoms with Crippen LogP contribution in [0.1, 0.15) is 36.3 Å². The van der Waals surface area contributed by atoms with E-state index in [4.69, 9.17) is 0 Å². The van der Waals surface area contributed by atoms with E-state index in [1.807, 2.05) is 0 Å². The van der Waals surface area contributed by atoms with Crippen molar-refractivity contribution >= 4 is 5.91 Å². The Morgan fingerprint density at radius 3 is 2.96 bits per heavy atom. The molecule has 2 fully saturated rings. The second-order valence-corrected chi connectivity index (χ2v) is 6.20. The fraction of sp³-hybridized carbons (Fsp3) is 0.467. The third-order valence-electron chi connectivity index (χ3n) is 4.69. The summed E-state index contributed by atoms with van der Waals surface area (Å²) >= 11 is 0. The molecule has 2 aliphatic heterocycles. The van der Waals surface area contributed by atoms with Gasteiger partial charge in [0.1, 0.15) is 6.33 Å². The van der Waals surface area contributed by atoms with Crippen LogP contribution in [0.25, 0.3) is 5.82 Å². The number of nitrogens with zero attached hydrogens (tertiary/aromatic N) is 4. The van der Waals surface area contributed by atoms with E-state index >= 15 is 0 Å². The SMILES string of the molecule is O=C(NCC12CCC(CC1)N2)c1ncn(-c2ncccc2F)n1. The van der Waals surface area contributed by atoms with Gasteiger partial charge in [0.05, 0.1) is 0 Å². The molecule has 4 heterocycles. The first-order valence-electron chi connectivity index (χ1n) is 7.74. The van der Waals surface area contributed by atoms with Gasteiger partial charge in [-0.25, -0.2) is 14.4 Å². The highest BCUT2D eigenvalue weighted by Crippen LogP contribution is 2.36. The minimum atomic E-state index is -0.518. The lowest BCUT2D eigenvalue weighted by molar-refractivity contribution is 0.0931. The van der Waals surface area contributed by atoms with Gasteiger partial charge in [-0.05, 0) is 37.8 Å². The molecule has 0 radical (unpaired) electrons. The molecule has 0 spiro atoms. The molecule has 0 atom stereocenters. The molecule has 0 unspecified atom stereocenters. The van der Waals surface area contributed by atoms with Gasteiger partial charge in [0, 0.05) is 24.3 Å². The van der Waals surface area contributed by atoms with Gasteiger partial charge in [-0.3, -0.25) is 4.79 Å². The zero-order valence-corrected chi connectivity index (χ0v) is 12.5. The third-order valence-corrected chi connectivity index (χ3v) is 4.69. The molecule has 2 aliphatic rings. The van der Waals surface area contributed by atoms with Gasteiger partial charge < -0.3 is 10.6 Å². The van der Waals surface area contributed by atoms with Gasteiger partial charge in [-0.1, -0.05) is 0 Å². The summed E-state index contributed by atoms with van der Waals surface area (Å²) in [4.78, 5) is 20.1. The number of pyridine rings is 1. The first-order chi connectivity index (χ1) is 11.2. The van der Waals surface area contributed by atoms with Crippen molar-refractivity contribution in [2.75, 3.05) is 6.54 Å². The molecule has 7 nitrogen and oxygen atoms in total. The second-order valence-electron chi connectivity index (χ2n) is 6.20. The summed E-state index contributed by atoms with van der Waals surface area (Å²) in [6, 6.07) is 3.37. The average Bonchev–Trinajstić information content (AvgIpc) is 3.29. The number of halogens is 1. The van der Waals surface area contributed by atoms with Crippen molar-refractivity contribution in [1.29, 1.82) is 0 Å². The number of fused-ring (bicyclic) bond motifs is 2. The van der Waals surface area contributed by atoms with Crippen molar-refractivity contribution in [2.45, 2.75) is 37.3 Å². The van der Waals surface area contributed by atoms with Crippen LogP contribution in [-0.4, -0.2) is 43.8 Å². The maximum absolute atomic E-state index is 13.7. The normalized spacial score (nSPS) is 25.7. The molecule has 2 N–H and O–H groups in total. The van der Waals surface area contributed by atoms with Crippen molar-refractivity contribution in [2.24, 2.45) is 0 Å². The minimum Gasteiger partial charge on any atom is -0.347 e. The summed E-state index contributed by atoms with van der Waals surface area (Å²) < 4.78 is 14.8. The van der Waals surface area contributed by atoms with E-state index < -0.39 is 5.82 Å². The monoisotopic (exact) mass is 316 g/mol. The van der Waals surface area contributed by atoms with Crippen LogP contribution in [0.2, 0.25) is 0 Å². The molecule has 2 aromatic rings. The van der Waals surface area contributed by atoms with Crippen LogP contribution >= 0.6 is 0 Å². The maximum Gasteiger partial charge on any atom is 0.291 e. The fourth-order valence-corrected chi connectivity index (χ4v) is 3.46. The first-order valence-corrected chi connectivity index (χ1v) is 7.74. The van der Waals surface area contributed by atoms with Gasteiger partial charge in [0.15, 0.2) is 11.6 Å². The Balaban J connectivity index is 1.44. The van der Waals surface area contributed by atoms with Crippen LogP contribution in [0.5, 0.6) is 0 Å². The van der Waals surface area contributed by atoms with Gasteiger partial charge in [-0.15, -0.1) is 5.10 Å². The molecule has 1 amide bonds. The number of hydrogen-bond acceptors (Lipinski definition) is 5. The summed E-state index contributed by atoms with van der Waals surface area (Å²) in [7, 11) is 0. The second kappa shape index (κ2) is 5.38. The highest BCUT2D eigenvalue weighted by Gasteiger charge is 2.44. The lowest BCUT2D eigenvalue weighted by Crippen LogP contribution is -2.47. The van der Waals surface area contributed by atoms with Crippen molar-refractivity contribution in [3.8, 4) is 5.82 Å². The van der Waals surface area contributed by atoms with E-state index in [2.05, 4.69) is 25.7 Å². The number of carbonyl (C=O) groups is 1. The molecule has 8 heteroatoms. The quantitative estimate of drug-likeness (QED) is 0.872. The minimum absolute atomic E-state index is 0.0130. The molecular weight excluding hydrogens is 299 g/mol. The summed E-state index contributed by atoms with van der Waals surface area (Å²) in [6.07, 6.45) is 7.25. The molecule has 4 rings (SSSR count).